The number of nitrogens with two attached hydrogens (primary N) is 1. The number of ether oxygens (including phenoxy) is 1. The summed E-state index contributed by atoms with van der Waals surface area (Å²) in [6.07, 6.45) is 0.152. The molecule has 1 aliphatic heterocycles. The second-order valence-electron chi connectivity index (χ2n) is 5.07. The van der Waals surface area contributed by atoms with Gasteiger partial charge in [-0.25, -0.2) is 0 Å². The molecule has 2 unspecified atom stereocenters. The Balaban J connectivity index is 2.00. The predicted octanol–water partition coefficient (Wildman–Crippen LogP) is 1.97. The molecule has 0 aromatic heterocycles. The van der Waals surface area contributed by atoms with E-state index in [4.69, 9.17) is 22.1 Å². The highest BCUT2D eigenvalue weighted by atomic mass is 35.5. The second-order valence-corrected chi connectivity index (χ2v) is 5.51. The van der Waals surface area contributed by atoms with Crippen molar-refractivity contribution in [1.82, 2.24) is 4.90 Å². The summed E-state index contributed by atoms with van der Waals surface area (Å²) < 4.78 is 5.48. The molecule has 0 bridgehead atoms. The highest BCUT2D eigenvalue weighted by Crippen LogP contribution is 2.23. The maximum Gasteiger partial charge on any atom is 0.241 e. The first-order chi connectivity index (χ1) is 9.47. The standard InChI is InChI=1S/C14H20ClN3O2/c1-9-8-18(5-6-20-9)10(2)14(19)17-13-4-3-11(15)7-12(13)16/h3-4,7,9-10H,5-6,8,16H2,1-2H3,(H,17,19). The lowest BCUT2D eigenvalue weighted by molar-refractivity contribution is -0.123. The maximum absolute atomic E-state index is 12.3. The van der Waals surface area contributed by atoms with Gasteiger partial charge < -0.3 is 15.8 Å². The average molecular weight is 298 g/mol. The smallest absolute Gasteiger partial charge is 0.241 e. The maximum atomic E-state index is 12.3. The molecule has 2 atom stereocenters. The lowest BCUT2D eigenvalue weighted by atomic mass is 10.2. The van der Waals surface area contributed by atoms with Crippen molar-refractivity contribution in [1.29, 1.82) is 0 Å². The van der Waals surface area contributed by atoms with E-state index < -0.39 is 0 Å². The first kappa shape index (κ1) is 15.1. The van der Waals surface area contributed by atoms with Crippen molar-refractivity contribution < 1.29 is 9.53 Å². The van der Waals surface area contributed by atoms with E-state index in [2.05, 4.69) is 10.2 Å². The molecule has 1 heterocycles. The van der Waals surface area contributed by atoms with Crippen molar-refractivity contribution in [2.24, 2.45) is 0 Å². The van der Waals surface area contributed by atoms with Gasteiger partial charge in [-0.05, 0) is 32.0 Å². The molecule has 0 spiro atoms. The third-order valence-electron chi connectivity index (χ3n) is 3.47. The van der Waals surface area contributed by atoms with Crippen LogP contribution >= 0.6 is 11.6 Å². The summed E-state index contributed by atoms with van der Waals surface area (Å²) in [6, 6.07) is 4.81. The number of nitrogen functional groups attached to an aromatic ring is 1. The SMILES string of the molecule is CC1CN(C(C)C(=O)Nc2ccc(Cl)cc2N)CCO1. The molecule has 0 saturated carbocycles. The Kier molecular flexibility index (Phi) is 4.86. The van der Waals surface area contributed by atoms with Gasteiger partial charge in [0.25, 0.3) is 0 Å². The van der Waals surface area contributed by atoms with E-state index in [0.29, 0.717) is 23.0 Å². The van der Waals surface area contributed by atoms with E-state index in [-0.39, 0.29) is 18.1 Å². The molecule has 110 valence electrons. The lowest BCUT2D eigenvalue weighted by Crippen LogP contribution is -2.50. The number of hydrogen-bond acceptors (Lipinski definition) is 4. The lowest BCUT2D eigenvalue weighted by Gasteiger charge is -2.34. The number of amides is 1. The summed E-state index contributed by atoms with van der Waals surface area (Å²) in [5, 5.41) is 3.40. The molecule has 0 radical (unpaired) electrons. The van der Waals surface area contributed by atoms with Crippen molar-refractivity contribution in [3.8, 4) is 0 Å². The molecule has 1 saturated heterocycles. The molecule has 6 heteroatoms. The minimum atomic E-state index is -0.226. The summed E-state index contributed by atoms with van der Waals surface area (Å²) in [6.45, 7) is 6.06. The van der Waals surface area contributed by atoms with Crippen LogP contribution in [0.4, 0.5) is 11.4 Å². The van der Waals surface area contributed by atoms with Gasteiger partial charge in [-0.2, -0.15) is 0 Å². The van der Waals surface area contributed by atoms with Gasteiger partial charge >= 0.3 is 0 Å². The monoisotopic (exact) mass is 297 g/mol. The highest BCUT2D eigenvalue weighted by molar-refractivity contribution is 6.31. The zero-order valence-electron chi connectivity index (χ0n) is 11.7. The van der Waals surface area contributed by atoms with Gasteiger partial charge in [0.2, 0.25) is 5.91 Å². The van der Waals surface area contributed by atoms with Crippen LogP contribution in [0.3, 0.4) is 0 Å². The zero-order valence-corrected chi connectivity index (χ0v) is 12.5. The van der Waals surface area contributed by atoms with Crippen LogP contribution in [0.15, 0.2) is 18.2 Å². The zero-order chi connectivity index (χ0) is 14.7. The number of halogens is 1. The van der Waals surface area contributed by atoms with E-state index in [9.17, 15) is 4.79 Å². The van der Waals surface area contributed by atoms with Crippen molar-refractivity contribution in [3.63, 3.8) is 0 Å². The molecule has 2 rings (SSSR count). The first-order valence-corrected chi connectivity index (χ1v) is 7.06. The number of carbonyl (C=O) groups is 1. The Morgan fingerprint density at radius 2 is 2.35 bits per heavy atom. The van der Waals surface area contributed by atoms with Gasteiger partial charge in [-0.3, -0.25) is 9.69 Å². The first-order valence-electron chi connectivity index (χ1n) is 6.69. The topological polar surface area (TPSA) is 67.6 Å². The normalized spacial score (nSPS) is 21.4. The number of nitrogens with one attached hydrogen (secondary N) is 1. The Morgan fingerprint density at radius 1 is 1.60 bits per heavy atom. The number of nitrogens with zero attached hydrogens (tertiary/aromatic N) is 1. The number of anilines is 2. The van der Waals surface area contributed by atoms with Gasteiger partial charge in [-0.15, -0.1) is 0 Å². The van der Waals surface area contributed by atoms with Crippen molar-refractivity contribution in [2.75, 3.05) is 30.7 Å². The van der Waals surface area contributed by atoms with E-state index in [1.165, 1.54) is 0 Å². The van der Waals surface area contributed by atoms with Gasteiger partial charge in [0.15, 0.2) is 0 Å². The van der Waals surface area contributed by atoms with E-state index >= 15 is 0 Å². The molecule has 3 N–H and O–H groups in total. The number of carbonyl (C=O) groups excluding carboxylic acids is 1. The van der Waals surface area contributed by atoms with Gasteiger partial charge in [0.05, 0.1) is 30.1 Å². The van der Waals surface area contributed by atoms with Crippen molar-refractivity contribution in [2.45, 2.75) is 26.0 Å². The summed E-state index contributed by atoms with van der Waals surface area (Å²) in [7, 11) is 0. The molecule has 1 amide bonds. The van der Waals surface area contributed by atoms with Gasteiger partial charge in [0, 0.05) is 18.1 Å². The van der Waals surface area contributed by atoms with Crippen LogP contribution in [0.5, 0.6) is 0 Å². The molecule has 1 aromatic carbocycles. The third kappa shape index (κ3) is 3.62. The Bertz CT molecular complexity index is 495. The second kappa shape index (κ2) is 6.43. The number of rotatable bonds is 3. The number of hydrogen-bond donors (Lipinski definition) is 2. The van der Waals surface area contributed by atoms with Crippen LogP contribution in [-0.2, 0) is 9.53 Å². The van der Waals surface area contributed by atoms with Crippen molar-refractivity contribution in [3.05, 3.63) is 23.2 Å². The van der Waals surface area contributed by atoms with Crippen LogP contribution in [0.2, 0.25) is 5.02 Å². The fourth-order valence-electron chi connectivity index (χ4n) is 2.25. The van der Waals surface area contributed by atoms with Crippen LogP contribution in [-0.4, -0.2) is 42.6 Å². The minimum absolute atomic E-state index is 0.0758. The van der Waals surface area contributed by atoms with E-state index in [1.54, 1.807) is 18.2 Å². The van der Waals surface area contributed by atoms with Gasteiger partial charge in [-0.1, -0.05) is 11.6 Å². The van der Waals surface area contributed by atoms with E-state index in [1.807, 2.05) is 13.8 Å². The molecular formula is C14H20ClN3O2. The van der Waals surface area contributed by atoms with Crippen LogP contribution in [0, 0.1) is 0 Å². The fraction of sp³-hybridized carbons (Fsp3) is 0.500. The Morgan fingerprint density at radius 3 is 3.00 bits per heavy atom. The average Bonchev–Trinajstić information content (AvgIpc) is 2.41. The number of morpholine rings is 1. The molecule has 20 heavy (non-hydrogen) atoms. The highest BCUT2D eigenvalue weighted by Gasteiger charge is 2.26. The molecule has 5 nitrogen and oxygen atoms in total. The van der Waals surface area contributed by atoms with Crippen molar-refractivity contribution >= 4 is 28.9 Å². The van der Waals surface area contributed by atoms with E-state index in [0.717, 1.165) is 13.1 Å². The fourth-order valence-corrected chi connectivity index (χ4v) is 2.43. The summed E-state index contributed by atoms with van der Waals surface area (Å²) >= 11 is 5.84. The third-order valence-corrected chi connectivity index (χ3v) is 3.71. The van der Waals surface area contributed by atoms with Crippen LogP contribution in [0.1, 0.15) is 13.8 Å². The molecule has 1 fully saturated rings. The predicted molar refractivity (Wildman–Crippen MR) is 80.9 cm³/mol. The molecular weight excluding hydrogens is 278 g/mol. The molecule has 1 aromatic rings. The Hall–Kier alpha value is -1.30. The van der Waals surface area contributed by atoms with Crippen LogP contribution < -0.4 is 11.1 Å². The van der Waals surface area contributed by atoms with Gasteiger partial charge in [0.1, 0.15) is 0 Å². The summed E-state index contributed by atoms with van der Waals surface area (Å²) in [5.41, 5.74) is 6.89. The largest absolute Gasteiger partial charge is 0.397 e. The summed E-state index contributed by atoms with van der Waals surface area (Å²) in [4.78, 5) is 14.4. The minimum Gasteiger partial charge on any atom is -0.397 e. The Labute approximate surface area is 124 Å². The molecule has 0 aliphatic carbocycles. The molecule has 1 aliphatic rings. The summed E-state index contributed by atoms with van der Waals surface area (Å²) in [5.74, 6) is -0.0758. The number of benzene rings is 1. The quantitative estimate of drug-likeness (QED) is 0.837. The van der Waals surface area contributed by atoms with Crippen LogP contribution in [0.25, 0.3) is 0 Å².